The zero-order chi connectivity index (χ0) is 17.7. The largest absolute Gasteiger partial charge is 0.507 e. The molecule has 0 radical (unpaired) electrons. The van der Waals surface area contributed by atoms with Gasteiger partial charge in [0.1, 0.15) is 11.5 Å². The van der Waals surface area contributed by atoms with Crippen molar-refractivity contribution < 1.29 is 14.6 Å². The number of ether oxygens (including phenoxy) is 1. The molecule has 0 atom stereocenters. The lowest BCUT2D eigenvalue weighted by Crippen LogP contribution is -2.25. The molecule has 0 heterocycles. The zero-order valence-electron chi connectivity index (χ0n) is 13.1. The van der Waals surface area contributed by atoms with Crippen LogP contribution in [0.15, 0.2) is 41.5 Å². The van der Waals surface area contributed by atoms with E-state index in [2.05, 4.69) is 10.5 Å². The van der Waals surface area contributed by atoms with E-state index in [-0.39, 0.29) is 12.4 Å². The van der Waals surface area contributed by atoms with Gasteiger partial charge in [-0.15, -0.1) is 0 Å². The van der Waals surface area contributed by atoms with E-state index in [0.29, 0.717) is 27.1 Å². The van der Waals surface area contributed by atoms with Crippen molar-refractivity contribution >= 4 is 34.8 Å². The van der Waals surface area contributed by atoms with Crippen LogP contribution in [0.25, 0.3) is 0 Å². The number of halogens is 2. The molecule has 2 aromatic rings. The van der Waals surface area contributed by atoms with E-state index in [1.54, 1.807) is 37.3 Å². The molecule has 2 N–H and O–H groups in total. The standard InChI is InChI=1S/C17H16Cl2N2O3/c1-10-3-5-15(22)13(7-10)11(2)20-21-17(23)9-24-16-6-4-12(18)8-14(16)19/h3-8,22H,9H2,1-2H3,(H,21,23)/b20-11+. The molecule has 0 aliphatic rings. The van der Waals surface area contributed by atoms with E-state index in [9.17, 15) is 9.90 Å². The van der Waals surface area contributed by atoms with Gasteiger partial charge in [-0.2, -0.15) is 5.10 Å². The maximum atomic E-state index is 11.8. The fraction of sp³-hybridized carbons (Fsp3) is 0.176. The monoisotopic (exact) mass is 366 g/mol. The van der Waals surface area contributed by atoms with E-state index in [1.807, 2.05) is 6.92 Å². The summed E-state index contributed by atoms with van der Waals surface area (Å²) >= 11 is 11.7. The predicted molar refractivity (Wildman–Crippen MR) is 95.2 cm³/mol. The van der Waals surface area contributed by atoms with Crippen LogP contribution in [-0.4, -0.2) is 23.3 Å². The van der Waals surface area contributed by atoms with Gasteiger partial charge in [-0.3, -0.25) is 4.79 Å². The number of phenolic OH excluding ortho intramolecular Hbond substituents is 1. The molecule has 0 bridgehead atoms. The zero-order valence-corrected chi connectivity index (χ0v) is 14.6. The Labute approximate surface area is 149 Å². The molecule has 2 rings (SSSR count). The molecular weight excluding hydrogens is 351 g/mol. The third-order valence-corrected chi connectivity index (χ3v) is 3.67. The Bertz CT molecular complexity index is 791. The minimum atomic E-state index is -0.451. The summed E-state index contributed by atoms with van der Waals surface area (Å²) < 4.78 is 5.31. The van der Waals surface area contributed by atoms with E-state index >= 15 is 0 Å². The maximum absolute atomic E-state index is 11.8. The molecule has 7 heteroatoms. The third kappa shape index (κ3) is 4.88. The number of hydrazone groups is 1. The van der Waals surface area contributed by atoms with Crippen LogP contribution in [0.1, 0.15) is 18.1 Å². The number of hydrogen-bond donors (Lipinski definition) is 2. The van der Waals surface area contributed by atoms with Gasteiger partial charge in [0.15, 0.2) is 6.61 Å². The highest BCUT2D eigenvalue weighted by Crippen LogP contribution is 2.27. The number of aromatic hydroxyl groups is 1. The van der Waals surface area contributed by atoms with Gasteiger partial charge in [0, 0.05) is 10.6 Å². The normalized spacial score (nSPS) is 11.2. The molecule has 0 aliphatic heterocycles. The number of nitrogens with one attached hydrogen (secondary N) is 1. The Morgan fingerprint density at radius 3 is 2.71 bits per heavy atom. The van der Waals surface area contributed by atoms with Crippen LogP contribution in [-0.2, 0) is 4.79 Å². The molecule has 126 valence electrons. The Morgan fingerprint density at radius 2 is 2.00 bits per heavy atom. The molecule has 1 amide bonds. The first-order chi connectivity index (χ1) is 11.4. The van der Waals surface area contributed by atoms with E-state index in [1.165, 1.54) is 6.07 Å². The lowest BCUT2D eigenvalue weighted by Gasteiger charge is -2.08. The lowest BCUT2D eigenvalue weighted by molar-refractivity contribution is -0.123. The number of carbonyl (C=O) groups excluding carboxylic acids is 1. The summed E-state index contributed by atoms with van der Waals surface area (Å²) in [5.41, 5.74) is 4.38. The number of carbonyl (C=O) groups is 1. The molecule has 0 saturated heterocycles. The lowest BCUT2D eigenvalue weighted by atomic mass is 10.1. The van der Waals surface area contributed by atoms with Gasteiger partial charge in [-0.1, -0.05) is 34.8 Å². The first-order valence-electron chi connectivity index (χ1n) is 7.08. The fourth-order valence-corrected chi connectivity index (χ4v) is 2.38. The van der Waals surface area contributed by atoms with Crippen molar-refractivity contribution in [1.29, 1.82) is 0 Å². The maximum Gasteiger partial charge on any atom is 0.277 e. The second-order valence-electron chi connectivity index (χ2n) is 5.12. The van der Waals surface area contributed by atoms with Gasteiger partial charge < -0.3 is 9.84 Å². The summed E-state index contributed by atoms with van der Waals surface area (Å²) in [6, 6.07) is 9.87. The molecule has 2 aromatic carbocycles. The van der Waals surface area contributed by atoms with Crippen molar-refractivity contribution in [2.45, 2.75) is 13.8 Å². The average Bonchev–Trinajstić information content (AvgIpc) is 2.54. The molecule has 0 spiro atoms. The number of rotatable bonds is 5. The second kappa shape index (κ2) is 8.04. The summed E-state index contributed by atoms with van der Waals surface area (Å²) in [5, 5.41) is 14.6. The number of phenols is 1. The molecule has 0 aromatic heterocycles. The van der Waals surface area contributed by atoms with Crippen LogP contribution in [0.5, 0.6) is 11.5 Å². The van der Waals surface area contributed by atoms with E-state index in [4.69, 9.17) is 27.9 Å². The number of aryl methyl sites for hydroxylation is 1. The minimum absolute atomic E-state index is 0.0975. The highest BCUT2D eigenvalue weighted by Gasteiger charge is 2.08. The minimum Gasteiger partial charge on any atom is -0.507 e. The summed E-state index contributed by atoms with van der Waals surface area (Å²) in [5.74, 6) is 0.000974. The Morgan fingerprint density at radius 1 is 1.25 bits per heavy atom. The molecule has 0 unspecified atom stereocenters. The summed E-state index contributed by atoms with van der Waals surface area (Å²) in [6.07, 6.45) is 0. The summed E-state index contributed by atoms with van der Waals surface area (Å²) in [6.45, 7) is 3.34. The smallest absolute Gasteiger partial charge is 0.277 e. The van der Waals surface area contributed by atoms with Gasteiger partial charge in [-0.25, -0.2) is 5.43 Å². The molecule has 0 saturated carbocycles. The summed E-state index contributed by atoms with van der Waals surface area (Å²) in [7, 11) is 0. The van der Waals surface area contributed by atoms with Crippen LogP contribution in [0, 0.1) is 6.92 Å². The first-order valence-corrected chi connectivity index (χ1v) is 7.83. The van der Waals surface area contributed by atoms with Crippen molar-refractivity contribution in [3.8, 4) is 11.5 Å². The highest BCUT2D eigenvalue weighted by molar-refractivity contribution is 6.35. The van der Waals surface area contributed by atoms with Gasteiger partial charge in [0.25, 0.3) is 5.91 Å². The summed E-state index contributed by atoms with van der Waals surface area (Å²) in [4.78, 5) is 11.8. The van der Waals surface area contributed by atoms with E-state index in [0.717, 1.165) is 5.56 Å². The number of nitrogens with zero attached hydrogens (tertiary/aromatic N) is 1. The van der Waals surface area contributed by atoms with E-state index < -0.39 is 5.91 Å². The third-order valence-electron chi connectivity index (χ3n) is 3.14. The van der Waals surface area contributed by atoms with Gasteiger partial charge in [0.2, 0.25) is 0 Å². The number of hydrogen-bond acceptors (Lipinski definition) is 4. The fourth-order valence-electron chi connectivity index (χ4n) is 1.91. The Kier molecular flexibility index (Phi) is 6.06. The SMILES string of the molecule is C/C(=N\NC(=O)COc1ccc(Cl)cc1Cl)c1cc(C)ccc1O. The molecular formula is C17H16Cl2N2O3. The predicted octanol–water partition coefficient (Wildman–Crippen LogP) is 3.93. The van der Waals surface area contributed by atoms with Crippen molar-refractivity contribution in [2.24, 2.45) is 5.10 Å². The molecule has 24 heavy (non-hydrogen) atoms. The quantitative estimate of drug-likeness (QED) is 0.622. The number of benzene rings is 2. The van der Waals surface area contributed by atoms with Crippen molar-refractivity contribution in [2.75, 3.05) is 6.61 Å². The molecule has 0 aliphatic carbocycles. The Hall–Kier alpha value is -2.24. The van der Waals surface area contributed by atoms with Gasteiger partial charge in [0.05, 0.1) is 10.7 Å². The van der Waals surface area contributed by atoms with Crippen LogP contribution in [0.2, 0.25) is 10.0 Å². The molecule has 5 nitrogen and oxygen atoms in total. The van der Waals surface area contributed by atoms with Crippen LogP contribution < -0.4 is 10.2 Å². The first kappa shape index (κ1) is 18.1. The Balaban J connectivity index is 1.95. The van der Waals surface area contributed by atoms with Crippen LogP contribution in [0.4, 0.5) is 0 Å². The van der Waals surface area contributed by atoms with Crippen molar-refractivity contribution in [1.82, 2.24) is 5.43 Å². The topological polar surface area (TPSA) is 70.9 Å². The van der Waals surface area contributed by atoms with Gasteiger partial charge in [-0.05, 0) is 44.2 Å². The van der Waals surface area contributed by atoms with Crippen LogP contribution in [0.3, 0.4) is 0 Å². The molecule has 0 fully saturated rings. The number of amides is 1. The van der Waals surface area contributed by atoms with Crippen molar-refractivity contribution in [3.05, 3.63) is 57.6 Å². The average molecular weight is 367 g/mol. The van der Waals surface area contributed by atoms with Crippen LogP contribution >= 0.6 is 23.2 Å². The second-order valence-corrected chi connectivity index (χ2v) is 5.96. The van der Waals surface area contributed by atoms with Gasteiger partial charge >= 0.3 is 0 Å². The van der Waals surface area contributed by atoms with Crippen molar-refractivity contribution in [3.63, 3.8) is 0 Å². The highest BCUT2D eigenvalue weighted by atomic mass is 35.5.